The molecular formula is C21H21Cl2N3O3. The summed E-state index contributed by atoms with van der Waals surface area (Å²) < 4.78 is 13.1. The maximum absolute atomic E-state index is 13.0. The summed E-state index contributed by atoms with van der Waals surface area (Å²) >= 11 is 12.1. The Morgan fingerprint density at radius 1 is 1.28 bits per heavy atom. The lowest BCUT2D eigenvalue weighted by molar-refractivity contribution is 0.0475. The summed E-state index contributed by atoms with van der Waals surface area (Å²) in [5, 5.41) is 1.03. The molecule has 0 spiro atoms. The zero-order chi connectivity index (χ0) is 20.2. The predicted molar refractivity (Wildman–Crippen MR) is 110 cm³/mol. The van der Waals surface area contributed by atoms with E-state index in [1.807, 2.05) is 22.9 Å². The molecule has 0 radical (unpaired) electrons. The van der Waals surface area contributed by atoms with Crippen LogP contribution in [-0.2, 0) is 17.8 Å². The first-order valence-corrected chi connectivity index (χ1v) is 10.2. The maximum Gasteiger partial charge on any atom is 0.290 e. The molecule has 152 valence electrons. The standard InChI is InChI=1S/C21H21Cl2N3O3/c22-17-6-5-15(11-18(17)23)12-25-8-7-24-20(25)14-26(13-16-3-1-9-28-16)21(27)19-4-2-10-29-19/h2,4-8,10-11,16H,1,3,9,12-14H2. The van der Waals surface area contributed by atoms with Crippen molar-refractivity contribution in [2.24, 2.45) is 0 Å². The van der Waals surface area contributed by atoms with E-state index >= 15 is 0 Å². The Morgan fingerprint density at radius 3 is 2.90 bits per heavy atom. The number of aromatic nitrogens is 2. The van der Waals surface area contributed by atoms with E-state index in [2.05, 4.69) is 4.98 Å². The second-order valence-electron chi connectivity index (χ2n) is 7.02. The summed E-state index contributed by atoms with van der Waals surface area (Å²) in [5.74, 6) is 0.911. The number of ether oxygens (including phenoxy) is 1. The van der Waals surface area contributed by atoms with Gasteiger partial charge in [-0.05, 0) is 42.7 Å². The Morgan fingerprint density at radius 2 is 2.17 bits per heavy atom. The van der Waals surface area contributed by atoms with Crippen molar-refractivity contribution in [1.29, 1.82) is 0 Å². The predicted octanol–water partition coefficient (Wildman–Crippen LogP) is 4.65. The second-order valence-corrected chi connectivity index (χ2v) is 7.83. The fourth-order valence-corrected chi connectivity index (χ4v) is 3.77. The van der Waals surface area contributed by atoms with Gasteiger partial charge in [0.1, 0.15) is 5.82 Å². The Labute approximate surface area is 179 Å². The molecule has 8 heteroatoms. The highest BCUT2D eigenvalue weighted by Crippen LogP contribution is 2.23. The van der Waals surface area contributed by atoms with Crippen LogP contribution in [0.1, 0.15) is 34.8 Å². The number of hydrogen-bond donors (Lipinski definition) is 0. The third-order valence-electron chi connectivity index (χ3n) is 4.94. The zero-order valence-corrected chi connectivity index (χ0v) is 17.3. The molecule has 1 saturated heterocycles. The van der Waals surface area contributed by atoms with Crippen molar-refractivity contribution in [3.63, 3.8) is 0 Å². The lowest BCUT2D eigenvalue weighted by Gasteiger charge is -2.24. The molecule has 0 aliphatic carbocycles. The van der Waals surface area contributed by atoms with E-state index in [0.29, 0.717) is 35.4 Å². The van der Waals surface area contributed by atoms with Gasteiger partial charge in [-0.2, -0.15) is 0 Å². The van der Waals surface area contributed by atoms with Crippen molar-refractivity contribution in [1.82, 2.24) is 14.5 Å². The molecule has 1 amide bonds. The van der Waals surface area contributed by atoms with Gasteiger partial charge in [0.15, 0.2) is 5.76 Å². The maximum atomic E-state index is 13.0. The first kappa shape index (κ1) is 20.0. The van der Waals surface area contributed by atoms with Gasteiger partial charge in [-0.3, -0.25) is 4.79 Å². The van der Waals surface area contributed by atoms with E-state index in [4.69, 9.17) is 32.4 Å². The normalized spacial score (nSPS) is 16.3. The van der Waals surface area contributed by atoms with Gasteiger partial charge in [0.05, 0.1) is 29.0 Å². The topological polar surface area (TPSA) is 60.5 Å². The summed E-state index contributed by atoms with van der Waals surface area (Å²) in [5.41, 5.74) is 1.00. The van der Waals surface area contributed by atoms with E-state index in [1.54, 1.807) is 29.3 Å². The first-order valence-electron chi connectivity index (χ1n) is 9.48. The minimum absolute atomic E-state index is 0.0346. The number of rotatable bonds is 7. The van der Waals surface area contributed by atoms with Crippen LogP contribution in [0.25, 0.3) is 0 Å². The van der Waals surface area contributed by atoms with Crippen molar-refractivity contribution in [2.75, 3.05) is 13.2 Å². The van der Waals surface area contributed by atoms with Gasteiger partial charge in [-0.15, -0.1) is 0 Å². The van der Waals surface area contributed by atoms with E-state index < -0.39 is 0 Å². The summed E-state index contributed by atoms with van der Waals surface area (Å²) in [6.07, 6.45) is 7.11. The molecule has 1 atom stereocenters. The van der Waals surface area contributed by atoms with Gasteiger partial charge in [0, 0.05) is 32.1 Å². The Balaban J connectivity index is 1.53. The zero-order valence-electron chi connectivity index (χ0n) is 15.8. The molecule has 3 aromatic rings. The Hall–Kier alpha value is -2.28. The van der Waals surface area contributed by atoms with Crippen LogP contribution in [0.5, 0.6) is 0 Å². The van der Waals surface area contributed by atoms with Crippen molar-refractivity contribution in [2.45, 2.75) is 32.0 Å². The van der Waals surface area contributed by atoms with Gasteiger partial charge in [-0.1, -0.05) is 29.3 Å². The minimum atomic E-state index is -0.172. The fraction of sp³-hybridized carbons (Fsp3) is 0.333. The van der Waals surface area contributed by atoms with Crippen LogP contribution in [0.2, 0.25) is 10.0 Å². The number of amides is 1. The third-order valence-corrected chi connectivity index (χ3v) is 5.68. The van der Waals surface area contributed by atoms with Gasteiger partial charge < -0.3 is 18.6 Å². The van der Waals surface area contributed by atoms with E-state index in [0.717, 1.165) is 30.8 Å². The summed E-state index contributed by atoms with van der Waals surface area (Å²) in [7, 11) is 0. The highest BCUT2D eigenvalue weighted by molar-refractivity contribution is 6.42. The SMILES string of the molecule is O=C(c1ccco1)N(Cc1nccn1Cc1ccc(Cl)c(Cl)c1)CC1CCCO1. The number of imidazole rings is 1. The number of nitrogens with zero attached hydrogens (tertiary/aromatic N) is 3. The van der Waals surface area contributed by atoms with Crippen LogP contribution < -0.4 is 0 Å². The molecular weight excluding hydrogens is 413 g/mol. The van der Waals surface area contributed by atoms with E-state index in [-0.39, 0.29) is 12.0 Å². The van der Waals surface area contributed by atoms with Crippen LogP contribution >= 0.6 is 23.2 Å². The number of furan rings is 1. The number of halogens is 2. The molecule has 1 aliphatic heterocycles. The van der Waals surface area contributed by atoms with Gasteiger partial charge in [0.25, 0.3) is 5.91 Å². The van der Waals surface area contributed by atoms with Gasteiger partial charge >= 0.3 is 0 Å². The number of carbonyl (C=O) groups is 1. The Bertz CT molecular complexity index is 965. The smallest absolute Gasteiger partial charge is 0.290 e. The molecule has 1 aromatic carbocycles. The molecule has 0 N–H and O–H groups in total. The highest BCUT2D eigenvalue weighted by Gasteiger charge is 2.26. The van der Waals surface area contributed by atoms with Crippen LogP contribution in [0, 0.1) is 0 Å². The number of benzene rings is 1. The molecule has 1 fully saturated rings. The van der Waals surface area contributed by atoms with Crippen LogP contribution in [0.15, 0.2) is 53.4 Å². The van der Waals surface area contributed by atoms with Crippen molar-refractivity contribution in [3.8, 4) is 0 Å². The monoisotopic (exact) mass is 433 g/mol. The molecule has 3 heterocycles. The van der Waals surface area contributed by atoms with Gasteiger partial charge in [-0.25, -0.2) is 4.98 Å². The highest BCUT2D eigenvalue weighted by atomic mass is 35.5. The molecule has 0 saturated carbocycles. The van der Waals surface area contributed by atoms with E-state index in [1.165, 1.54) is 6.26 Å². The van der Waals surface area contributed by atoms with E-state index in [9.17, 15) is 4.79 Å². The van der Waals surface area contributed by atoms with Gasteiger partial charge in [0.2, 0.25) is 0 Å². The van der Waals surface area contributed by atoms with Crippen LogP contribution in [-0.4, -0.2) is 39.6 Å². The second kappa shape index (κ2) is 9.03. The molecule has 0 bridgehead atoms. The molecule has 2 aromatic heterocycles. The molecule has 6 nitrogen and oxygen atoms in total. The largest absolute Gasteiger partial charge is 0.459 e. The lowest BCUT2D eigenvalue weighted by Crippen LogP contribution is -2.37. The number of carbonyl (C=O) groups excluding carboxylic acids is 1. The third kappa shape index (κ3) is 4.83. The molecule has 29 heavy (non-hydrogen) atoms. The summed E-state index contributed by atoms with van der Waals surface area (Å²) in [6.45, 7) is 2.17. The Kier molecular flexibility index (Phi) is 6.23. The van der Waals surface area contributed by atoms with Crippen LogP contribution in [0.3, 0.4) is 0 Å². The lowest BCUT2D eigenvalue weighted by atomic mass is 10.2. The molecule has 1 aliphatic rings. The molecule has 4 rings (SSSR count). The fourth-order valence-electron chi connectivity index (χ4n) is 3.45. The quantitative estimate of drug-likeness (QED) is 0.543. The first-order chi connectivity index (χ1) is 14.1. The van der Waals surface area contributed by atoms with Crippen LogP contribution in [0.4, 0.5) is 0 Å². The molecule has 1 unspecified atom stereocenters. The summed E-state index contributed by atoms with van der Waals surface area (Å²) in [6, 6.07) is 8.93. The average molecular weight is 434 g/mol. The van der Waals surface area contributed by atoms with Crippen molar-refractivity contribution < 1.29 is 13.9 Å². The average Bonchev–Trinajstić information content (AvgIpc) is 3.47. The van der Waals surface area contributed by atoms with Crippen molar-refractivity contribution >= 4 is 29.1 Å². The van der Waals surface area contributed by atoms with Crippen molar-refractivity contribution in [3.05, 3.63) is 76.2 Å². The summed E-state index contributed by atoms with van der Waals surface area (Å²) in [4.78, 5) is 19.2. The minimum Gasteiger partial charge on any atom is -0.459 e. The number of hydrogen-bond acceptors (Lipinski definition) is 4.